The van der Waals surface area contributed by atoms with Gasteiger partial charge in [0.05, 0.1) is 11.9 Å². The van der Waals surface area contributed by atoms with Crippen LogP contribution in [-0.2, 0) is 9.47 Å². The number of ether oxygens (including phenoxy) is 3. The number of nitrogens with one attached hydrogen (secondary N) is 2. The molecule has 2 aliphatic rings. The summed E-state index contributed by atoms with van der Waals surface area (Å²) in [7, 11) is 3.51. The summed E-state index contributed by atoms with van der Waals surface area (Å²) in [6.45, 7) is 9.90. The summed E-state index contributed by atoms with van der Waals surface area (Å²) >= 11 is 0. The zero-order valence-corrected chi connectivity index (χ0v) is 25.5. The number of fused-ring (bicyclic) bond motifs is 1. The van der Waals surface area contributed by atoms with Crippen molar-refractivity contribution in [2.24, 2.45) is 0 Å². The van der Waals surface area contributed by atoms with Crippen LogP contribution >= 0.6 is 0 Å². The third-order valence-corrected chi connectivity index (χ3v) is 8.17. The van der Waals surface area contributed by atoms with Crippen molar-refractivity contribution in [3.63, 3.8) is 0 Å². The molecule has 2 saturated heterocycles. The number of rotatable bonds is 8. The number of hydrogen-bond acceptors (Lipinski definition) is 9. The number of imidazole rings is 1. The van der Waals surface area contributed by atoms with Gasteiger partial charge in [0.2, 0.25) is 5.95 Å². The van der Waals surface area contributed by atoms with Gasteiger partial charge in [-0.15, -0.1) is 10.2 Å². The topological polar surface area (TPSA) is 113 Å². The Morgan fingerprint density at radius 3 is 2.60 bits per heavy atom. The van der Waals surface area contributed by atoms with E-state index in [1.54, 1.807) is 7.11 Å². The predicted octanol–water partition coefficient (Wildman–Crippen LogP) is 5.56. The van der Waals surface area contributed by atoms with Crippen LogP contribution in [0.3, 0.4) is 0 Å². The molecule has 0 radical (unpaired) electrons. The molecule has 2 fully saturated rings. The summed E-state index contributed by atoms with van der Waals surface area (Å²) in [4.78, 5) is 4.93. The minimum atomic E-state index is -0.0172. The minimum Gasteiger partial charge on any atom is -0.467 e. The average molecular weight is 575 g/mol. The van der Waals surface area contributed by atoms with E-state index in [-0.39, 0.29) is 30.1 Å². The lowest BCUT2D eigenvalue weighted by molar-refractivity contribution is -0.0394. The molecule has 2 N–H and O–H groups in total. The zero-order valence-electron chi connectivity index (χ0n) is 25.5. The molecule has 11 heteroatoms. The second kappa shape index (κ2) is 11.3. The van der Waals surface area contributed by atoms with Crippen LogP contribution in [0.15, 0.2) is 36.7 Å². The summed E-state index contributed by atoms with van der Waals surface area (Å²) in [5.41, 5.74) is 5.00. The van der Waals surface area contributed by atoms with Gasteiger partial charge < -0.3 is 24.8 Å². The highest BCUT2D eigenvalue weighted by Gasteiger charge is 2.40. The normalized spacial score (nSPS) is 20.6. The van der Waals surface area contributed by atoms with Gasteiger partial charge in [-0.25, -0.2) is 9.67 Å². The van der Waals surface area contributed by atoms with Crippen LogP contribution in [0.2, 0.25) is 0 Å². The van der Waals surface area contributed by atoms with E-state index >= 15 is 0 Å². The molecule has 4 aromatic rings. The highest BCUT2D eigenvalue weighted by atomic mass is 16.7. The number of anilines is 1. The first-order valence-electron chi connectivity index (χ1n) is 14.8. The molecule has 42 heavy (non-hydrogen) atoms. The summed E-state index contributed by atoms with van der Waals surface area (Å²) in [6, 6.07) is 8.28. The Balaban J connectivity index is 1.35. The molecule has 11 nitrogen and oxygen atoms in total. The molecule has 0 aliphatic carbocycles. The summed E-state index contributed by atoms with van der Waals surface area (Å²) < 4.78 is 21.3. The smallest absolute Gasteiger partial charge is 0.205 e. The van der Waals surface area contributed by atoms with Gasteiger partial charge in [-0.05, 0) is 83.6 Å². The van der Waals surface area contributed by atoms with Crippen LogP contribution in [0.4, 0.5) is 5.95 Å². The number of hydrogen-bond donors (Lipinski definition) is 2. The monoisotopic (exact) mass is 574 g/mol. The van der Waals surface area contributed by atoms with Gasteiger partial charge in [0.15, 0.2) is 12.4 Å². The van der Waals surface area contributed by atoms with Crippen LogP contribution < -0.4 is 15.4 Å². The van der Waals surface area contributed by atoms with Gasteiger partial charge in [-0.2, -0.15) is 5.10 Å². The van der Waals surface area contributed by atoms with Crippen LogP contribution in [0, 0.1) is 0 Å². The highest BCUT2D eigenvalue weighted by Crippen LogP contribution is 2.40. The molecular weight excluding hydrogens is 532 g/mol. The molecule has 1 aromatic carbocycles. The maximum Gasteiger partial charge on any atom is 0.205 e. The molecular formula is C31H42N8O3. The third-order valence-electron chi connectivity index (χ3n) is 8.17. The van der Waals surface area contributed by atoms with Crippen molar-refractivity contribution in [3.8, 4) is 28.1 Å². The molecule has 3 aromatic heterocycles. The lowest BCUT2D eigenvalue weighted by Gasteiger charge is -2.47. The largest absolute Gasteiger partial charge is 0.467 e. The molecule has 6 rings (SSSR count). The number of piperidine rings is 1. The van der Waals surface area contributed by atoms with Crippen LogP contribution in [0.5, 0.6) is 5.75 Å². The van der Waals surface area contributed by atoms with Gasteiger partial charge in [-0.1, -0.05) is 6.07 Å². The first-order chi connectivity index (χ1) is 20.2. The molecule has 0 spiro atoms. The summed E-state index contributed by atoms with van der Waals surface area (Å²) in [5, 5.41) is 21.1. The molecule has 0 bridgehead atoms. The van der Waals surface area contributed by atoms with Crippen molar-refractivity contribution >= 4 is 17.1 Å². The van der Waals surface area contributed by atoms with Crippen LogP contribution in [0.25, 0.3) is 33.5 Å². The van der Waals surface area contributed by atoms with Crippen LogP contribution in [-0.4, -0.2) is 68.2 Å². The van der Waals surface area contributed by atoms with E-state index in [4.69, 9.17) is 24.3 Å². The Morgan fingerprint density at radius 1 is 1.07 bits per heavy atom. The Kier molecular flexibility index (Phi) is 7.67. The highest BCUT2D eigenvalue weighted by molar-refractivity contribution is 5.81. The van der Waals surface area contributed by atoms with Gasteiger partial charge in [-0.3, -0.25) is 4.57 Å². The lowest BCUT2D eigenvalue weighted by Crippen LogP contribution is -2.58. The van der Waals surface area contributed by atoms with Crippen LogP contribution in [0.1, 0.15) is 72.1 Å². The summed E-state index contributed by atoms with van der Waals surface area (Å²) in [6.07, 6.45) is 9.03. The van der Waals surface area contributed by atoms with E-state index in [1.807, 2.05) is 42.3 Å². The van der Waals surface area contributed by atoms with E-state index in [1.165, 1.54) is 0 Å². The van der Waals surface area contributed by atoms with Crippen molar-refractivity contribution in [1.82, 2.24) is 34.8 Å². The molecule has 2 aliphatic heterocycles. The quantitative estimate of drug-likeness (QED) is 0.261. The van der Waals surface area contributed by atoms with Gasteiger partial charge >= 0.3 is 0 Å². The van der Waals surface area contributed by atoms with Gasteiger partial charge in [0.1, 0.15) is 17.5 Å². The standard InChI is InChI=1S/C31H42N8O3/c1-30(2)15-22(16-31(3,4)37-30)39-28-25(34-29(39)32-5)14-24(35-36-28)23-11-10-20(13-26(23)42-19-40-6)21-17-33-38(18-21)27-9-7-8-12-41-27/h10-11,13-14,17-18,22,27,37H,7-9,12,15-16,19H2,1-6H3,(H,32,34). The van der Waals surface area contributed by atoms with E-state index in [0.29, 0.717) is 11.4 Å². The fourth-order valence-electron chi connectivity index (χ4n) is 6.73. The zero-order chi connectivity index (χ0) is 29.5. The molecule has 1 unspecified atom stereocenters. The van der Waals surface area contributed by atoms with Gasteiger partial charge in [0, 0.05) is 55.2 Å². The first kappa shape index (κ1) is 28.6. The number of benzene rings is 1. The molecule has 224 valence electrons. The van der Waals surface area contributed by atoms with E-state index in [0.717, 1.165) is 72.5 Å². The van der Waals surface area contributed by atoms with E-state index in [9.17, 15) is 0 Å². The SMILES string of the molecule is CNc1nc2cc(-c3ccc(-c4cnn(C5CCCCO5)c4)cc3OCOC)nnc2n1C1CC(C)(C)NC(C)(C)C1. The lowest BCUT2D eigenvalue weighted by atomic mass is 9.79. The summed E-state index contributed by atoms with van der Waals surface area (Å²) in [5.74, 6) is 1.44. The second-order valence-corrected chi connectivity index (χ2v) is 12.7. The molecule has 1 atom stereocenters. The first-order valence-corrected chi connectivity index (χ1v) is 14.8. The van der Waals surface area contributed by atoms with E-state index in [2.05, 4.69) is 59.2 Å². The second-order valence-electron chi connectivity index (χ2n) is 12.7. The fourth-order valence-corrected chi connectivity index (χ4v) is 6.73. The van der Waals surface area contributed by atoms with Crippen molar-refractivity contribution in [2.75, 3.05) is 32.9 Å². The van der Waals surface area contributed by atoms with Crippen molar-refractivity contribution in [2.45, 2.75) is 83.1 Å². The number of aromatic nitrogens is 6. The molecule has 0 saturated carbocycles. The van der Waals surface area contributed by atoms with Gasteiger partial charge in [0.25, 0.3) is 0 Å². The molecule has 0 amide bonds. The Bertz CT molecular complexity index is 1540. The Morgan fingerprint density at radius 2 is 1.88 bits per heavy atom. The maximum atomic E-state index is 6.04. The predicted molar refractivity (Wildman–Crippen MR) is 162 cm³/mol. The number of nitrogens with zero attached hydrogens (tertiary/aromatic N) is 6. The maximum absolute atomic E-state index is 6.04. The average Bonchev–Trinajstić information content (AvgIpc) is 3.60. The Hall–Kier alpha value is -3.54. The van der Waals surface area contributed by atoms with Crippen molar-refractivity contribution < 1.29 is 14.2 Å². The van der Waals surface area contributed by atoms with Crippen molar-refractivity contribution in [3.05, 3.63) is 36.7 Å². The Labute approximate surface area is 247 Å². The third kappa shape index (κ3) is 5.73. The number of methoxy groups -OCH3 is 1. The minimum absolute atomic E-state index is 0.0117. The fraction of sp³-hybridized carbons (Fsp3) is 0.548. The van der Waals surface area contributed by atoms with E-state index < -0.39 is 0 Å². The van der Waals surface area contributed by atoms with Crippen molar-refractivity contribution in [1.29, 1.82) is 0 Å². The molecule has 5 heterocycles.